The summed E-state index contributed by atoms with van der Waals surface area (Å²) < 4.78 is 0. The van der Waals surface area contributed by atoms with Crippen molar-refractivity contribution in [3.63, 3.8) is 0 Å². The highest BCUT2D eigenvalue weighted by Gasteiger charge is 2.06. The predicted octanol–water partition coefficient (Wildman–Crippen LogP) is 3.28. The number of carbonyl (C=O) groups is 1. The number of aromatic nitrogens is 1. The molecule has 1 heterocycles. The number of rotatable bonds is 4. The highest BCUT2D eigenvalue weighted by molar-refractivity contribution is 6.31. The molecule has 4 nitrogen and oxygen atoms in total. The molecule has 2 rings (SSSR count). The van der Waals surface area contributed by atoms with Crippen LogP contribution in [0.25, 0.3) is 0 Å². The standard InChI is InChI=1S/C15H14ClN3O/c1-2-14(11-5-3-7-13(16)9-11)18-19-15(20)12-6-4-8-17-10-12/h3-10H,2H2,1H3,(H,19,20). The van der Waals surface area contributed by atoms with Gasteiger partial charge in [0.25, 0.3) is 5.91 Å². The first-order chi connectivity index (χ1) is 9.70. The SMILES string of the molecule is CCC(=NNC(=O)c1cccnc1)c1cccc(Cl)c1. The minimum absolute atomic E-state index is 0.286. The largest absolute Gasteiger partial charge is 0.272 e. The highest BCUT2D eigenvalue weighted by Crippen LogP contribution is 2.12. The number of benzene rings is 1. The number of halogens is 1. The Balaban J connectivity index is 2.14. The van der Waals surface area contributed by atoms with Crippen molar-refractivity contribution in [2.75, 3.05) is 0 Å². The number of nitrogens with zero attached hydrogens (tertiary/aromatic N) is 2. The quantitative estimate of drug-likeness (QED) is 0.693. The third-order valence-electron chi connectivity index (χ3n) is 2.71. The molecule has 0 saturated carbocycles. The molecule has 1 aromatic heterocycles. The Morgan fingerprint density at radius 1 is 1.30 bits per heavy atom. The molecule has 5 heteroatoms. The van der Waals surface area contributed by atoms with Crippen molar-refractivity contribution in [2.24, 2.45) is 5.10 Å². The van der Waals surface area contributed by atoms with Gasteiger partial charge in [-0.1, -0.05) is 30.7 Å². The van der Waals surface area contributed by atoms with E-state index < -0.39 is 0 Å². The summed E-state index contributed by atoms with van der Waals surface area (Å²) in [5.74, 6) is -0.286. The fraction of sp³-hybridized carbons (Fsp3) is 0.133. The molecule has 0 saturated heterocycles. The molecule has 0 unspecified atom stereocenters. The van der Waals surface area contributed by atoms with Crippen molar-refractivity contribution >= 4 is 23.2 Å². The van der Waals surface area contributed by atoms with Gasteiger partial charge in [0.15, 0.2) is 0 Å². The molecule has 0 bridgehead atoms. The Labute approximate surface area is 122 Å². The molecular weight excluding hydrogens is 274 g/mol. The average Bonchev–Trinajstić information content (AvgIpc) is 2.48. The maximum absolute atomic E-state index is 11.9. The number of carbonyl (C=O) groups excluding carboxylic acids is 1. The molecule has 1 amide bonds. The van der Waals surface area contributed by atoms with E-state index in [1.54, 1.807) is 24.4 Å². The normalized spacial score (nSPS) is 11.2. The van der Waals surface area contributed by atoms with E-state index in [0.29, 0.717) is 17.0 Å². The summed E-state index contributed by atoms with van der Waals surface area (Å²) in [7, 11) is 0. The van der Waals surface area contributed by atoms with Crippen LogP contribution in [-0.2, 0) is 0 Å². The second-order valence-electron chi connectivity index (χ2n) is 4.11. The molecule has 0 radical (unpaired) electrons. The van der Waals surface area contributed by atoms with E-state index in [9.17, 15) is 4.79 Å². The van der Waals surface area contributed by atoms with E-state index in [1.165, 1.54) is 6.20 Å². The van der Waals surface area contributed by atoms with Gasteiger partial charge in [0.2, 0.25) is 0 Å². The third kappa shape index (κ3) is 3.65. The molecule has 2 aromatic rings. The maximum atomic E-state index is 11.9. The average molecular weight is 288 g/mol. The van der Waals surface area contributed by atoms with Gasteiger partial charge in [-0.05, 0) is 36.2 Å². The van der Waals surface area contributed by atoms with Crippen molar-refractivity contribution in [3.8, 4) is 0 Å². The van der Waals surface area contributed by atoms with Crippen molar-refractivity contribution in [3.05, 3.63) is 64.9 Å². The van der Waals surface area contributed by atoms with Gasteiger partial charge in [0, 0.05) is 17.4 Å². The van der Waals surface area contributed by atoms with E-state index in [0.717, 1.165) is 11.3 Å². The zero-order valence-corrected chi connectivity index (χ0v) is 11.8. The zero-order valence-electron chi connectivity index (χ0n) is 11.0. The minimum Gasteiger partial charge on any atom is -0.267 e. The van der Waals surface area contributed by atoms with Crippen molar-refractivity contribution in [1.82, 2.24) is 10.4 Å². The molecule has 0 aliphatic carbocycles. The smallest absolute Gasteiger partial charge is 0.267 e. The van der Waals surface area contributed by atoms with Gasteiger partial charge in [-0.2, -0.15) is 5.10 Å². The number of amides is 1. The molecule has 20 heavy (non-hydrogen) atoms. The van der Waals surface area contributed by atoms with Crippen LogP contribution >= 0.6 is 11.6 Å². The Morgan fingerprint density at radius 3 is 2.75 bits per heavy atom. The van der Waals surface area contributed by atoms with E-state index in [1.807, 2.05) is 25.1 Å². The third-order valence-corrected chi connectivity index (χ3v) is 2.94. The minimum atomic E-state index is -0.286. The van der Waals surface area contributed by atoms with Crippen molar-refractivity contribution in [1.29, 1.82) is 0 Å². The first-order valence-electron chi connectivity index (χ1n) is 6.23. The van der Waals surface area contributed by atoms with Crippen molar-refractivity contribution in [2.45, 2.75) is 13.3 Å². The lowest BCUT2D eigenvalue weighted by molar-refractivity contribution is 0.0954. The summed E-state index contributed by atoms with van der Waals surface area (Å²) in [6.07, 6.45) is 3.80. The molecule has 1 N–H and O–H groups in total. The van der Waals surface area contributed by atoms with E-state index >= 15 is 0 Å². The van der Waals surface area contributed by atoms with Crippen LogP contribution in [-0.4, -0.2) is 16.6 Å². The summed E-state index contributed by atoms with van der Waals surface area (Å²) in [5, 5.41) is 4.80. The molecule has 0 fully saturated rings. The Morgan fingerprint density at radius 2 is 2.10 bits per heavy atom. The summed E-state index contributed by atoms with van der Waals surface area (Å²) >= 11 is 5.95. The fourth-order valence-electron chi connectivity index (χ4n) is 1.70. The van der Waals surface area contributed by atoms with Crippen LogP contribution in [0.5, 0.6) is 0 Å². The van der Waals surface area contributed by atoms with Gasteiger partial charge >= 0.3 is 0 Å². The molecule has 0 atom stereocenters. The Bertz CT molecular complexity index is 626. The monoisotopic (exact) mass is 287 g/mol. The lowest BCUT2D eigenvalue weighted by Gasteiger charge is -2.05. The van der Waals surface area contributed by atoms with E-state index in [-0.39, 0.29) is 5.91 Å². The topological polar surface area (TPSA) is 54.4 Å². The number of hydrogen-bond acceptors (Lipinski definition) is 3. The van der Waals surface area contributed by atoms with Crippen LogP contribution in [0, 0.1) is 0 Å². The summed E-state index contributed by atoms with van der Waals surface area (Å²) in [5.41, 5.74) is 4.67. The van der Waals surface area contributed by atoms with Gasteiger partial charge in [-0.25, -0.2) is 5.43 Å². The molecule has 0 aliphatic heterocycles. The lowest BCUT2D eigenvalue weighted by Crippen LogP contribution is -2.20. The fourth-order valence-corrected chi connectivity index (χ4v) is 1.89. The predicted molar refractivity (Wildman–Crippen MR) is 80.0 cm³/mol. The maximum Gasteiger partial charge on any atom is 0.272 e. The van der Waals surface area contributed by atoms with Gasteiger partial charge in [0.05, 0.1) is 11.3 Å². The molecule has 0 aliphatic rings. The number of pyridine rings is 1. The van der Waals surface area contributed by atoms with Gasteiger partial charge in [-0.3, -0.25) is 9.78 Å². The zero-order chi connectivity index (χ0) is 14.4. The van der Waals surface area contributed by atoms with Crippen LogP contribution in [0.15, 0.2) is 53.9 Å². The van der Waals surface area contributed by atoms with Crippen molar-refractivity contribution < 1.29 is 4.79 Å². The van der Waals surface area contributed by atoms with Crippen LogP contribution < -0.4 is 5.43 Å². The van der Waals surface area contributed by atoms with Gasteiger partial charge in [-0.15, -0.1) is 0 Å². The Kier molecular flexibility index (Phi) is 4.85. The van der Waals surface area contributed by atoms with Crippen LogP contribution in [0.1, 0.15) is 29.3 Å². The summed E-state index contributed by atoms with van der Waals surface area (Å²) in [6, 6.07) is 10.8. The molecule has 102 valence electrons. The lowest BCUT2D eigenvalue weighted by atomic mass is 10.1. The summed E-state index contributed by atoms with van der Waals surface area (Å²) in [6.45, 7) is 1.97. The van der Waals surface area contributed by atoms with Crippen LogP contribution in [0.2, 0.25) is 5.02 Å². The second-order valence-corrected chi connectivity index (χ2v) is 4.54. The second kappa shape index (κ2) is 6.82. The summed E-state index contributed by atoms with van der Waals surface area (Å²) in [4.78, 5) is 15.8. The highest BCUT2D eigenvalue weighted by atomic mass is 35.5. The van der Waals surface area contributed by atoms with E-state index in [2.05, 4.69) is 15.5 Å². The number of nitrogens with one attached hydrogen (secondary N) is 1. The number of hydrogen-bond donors (Lipinski definition) is 1. The van der Waals surface area contributed by atoms with E-state index in [4.69, 9.17) is 11.6 Å². The van der Waals surface area contributed by atoms with Gasteiger partial charge < -0.3 is 0 Å². The van der Waals surface area contributed by atoms with Crippen LogP contribution in [0.3, 0.4) is 0 Å². The van der Waals surface area contributed by atoms with Crippen LogP contribution in [0.4, 0.5) is 0 Å². The van der Waals surface area contributed by atoms with Gasteiger partial charge in [0.1, 0.15) is 0 Å². The molecule has 1 aromatic carbocycles. The Hall–Kier alpha value is -2.20. The first-order valence-corrected chi connectivity index (χ1v) is 6.61. The molecule has 0 spiro atoms. The first kappa shape index (κ1) is 14.2. The molecular formula is C15H14ClN3O. The number of hydrazone groups is 1.